The molecule has 0 aliphatic heterocycles. The maximum absolute atomic E-state index is 12.5. The van der Waals surface area contributed by atoms with Gasteiger partial charge in [0.15, 0.2) is 0 Å². The number of aryl methyl sites for hydroxylation is 1. The first kappa shape index (κ1) is 15.8. The van der Waals surface area contributed by atoms with Crippen LogP contribution < -0.4 is 0 Å². The second-order valence-corrected chi connectivity index (χ2v) is 6.65. The summed E-state index contributed by atoms with van der Waals surface area (Å²) in [5.41, 5.74) is 2.92. The topological polar surface area (TPSA) is 36.1 Å². The van der Waals surface area contributed by atoms with Gasteiger partial charge >= 0.3 is 0 Å². The molecule has 0 atom stereocenters. The van der Waals surface area contributed by atoms with E-state index in [-0.39, 0.29) is 5.91 Å². The first-order valence-corrected chi connectivity index (χ1v) is 8.50. The number of aromatic nitrogens is 1. The van der Waals surface area contributed by atoms with Gasteiger partial charge in [-0.25, -0.2) is 0 Å². The molecule has 1 aromatic heterocycles. The lowest BCUT2D eigenvalue weighted by molar-refractivity contribution is 0.0789. The largest absolute Gasteiger partial charge is 0.350 e. The molecule has 2 aromatic carbocycles. The molecule has 4 heteroatoms. The Balaban J connectivity index is 1.62. The smallest absolute Gasteiger partial charge is 0.270 e. The van der Waals surface area contributed by atoms with E-state index >= 15 is 0 Å². The minimum absolute atomic E-state index is 0.0328. The van der Waals surface area contributed by atoms with Gasteiger partial charge in [0.05, 0.1) is 0 Å². The van der Waals surface area contributed by atoms with Crippen molar-refractivity contribution in [3.05, 3.63) is 70.3 Å². The van der Waals surface area contributed by atoms with Crippen LogP contribution in [0, 0.1) is 0 Å². The molecule has 0 saturated carbocycles. The average Bonchev–Trinajstić information content (AvgIpc) is 2.98. The highest BCUT2D eigenvalue weighted by atomic mass is 79.9. The van der Waals surface area contributed by atoms with Crippen molar-refractivity contribution in [2.45, 2.75) is 12.8 Å². The SMILES string of the molecule is CN(CCCc1ccccc1)C(=O)c1cc2ccc(Br)cc2[nH]1. The first-order valence-electron chi connectivity index (χ1n) is 7.71. The Morgan fingerprint density at radius 1 is 1.13 bits per heavy atom. The minimum atomic E-state index is 0.0328. The molecule has 0 radical (unpaired) electrons. The molecule has 0 spiro atoms. The molecule has 0 bridgehead atoms. The number of amides is 1. The van der Waals surface area contributed by atoms with Crippen LogP contribution in [0.1, 0.15) is 22.5 Å². The molecule has 1 amide bonds. The fraction of sp³-hybridized carbons (Fsp3) is 0.211. The molecule has 118 valence electrons. The summed E-state index contributed by atoms with van der Waals surface area (Å²) in [6.07, 6.45) is 1.94. The van der Waals surface area contributed by atoms with Crippen molar-refractivity contribution in [3.8, 4) is 0 Å². The number of carbonyl (C=O) groups excluding carboxylic acids is 1. The molecular weight excluding hydrogens is 352 g/mol. The van der Waals surface area contributed by atoms with Gasteiger partial charge in [0, 0.05) is 29.0 Å². The summed E-state index contributed by atoms with van der Waals surface area (Å²) in [7, 11) is 1.86. The summed E-state index contributed by atoms with van der Waals surface area (Å²) in [6, 6.07) is 18.2. The van der Waals surface area contributed by atoms with Crippen molar-refractivity contribution in [2.75, 3.05) is 13.6 Å². The van der Waals surface area contributed by atoms with Crippen LogP contribution in [0.15, 0.2) is 59.1 Å². The van der Waals surface area contributed by atoms with Gasteiger partial charge in [0.2, 0.25) is 0 Å². The number of H-pyrrole nitrogens is 1. The van der Waals surface area contributed by atoms with E-state index < -0.39 is 0 Å². The average molecular weight is 371 g/mol. The van der Waals surface area contributed by atoms with Gasteiger partial charge in [-0.15, -0.1) is 0 Å². The fourth-order valence-corrected chi connectivity index (χ4v) is 3.05. The molecule has 0 unspecified atom stereocenters. The van der Waals surface area contributed by atoms with Crippen LogP contribution in [0.2, 0.25) is 0 Å². The van der Waals surface area contributed by atoms with E-state index in [0.717, 1.165) is 34.8 Å². The Kier molecular flexibility index (Phi) is 4.82. The number of benzene rings is 2. The van der Waals surface area contributed by atoms with E-state index in [4.69, 9.17) is 0 Å². The molecular formula is C19H19BrN2O. The third-order valence-electron chi connectivity index (χ3n) is 3.96. The number of nitrogens with one attached hydrogen (secondary N) is 1. The van der Waals surface area contributed by atoms with E-state index in [2.05, 4.69) is 33.0 Å². The number of hydrogen-bond acceptors (Lipinski definition) is 1. The number of rotatable bonds is 5. The highest BCUT2D eigenvalue weighted by Gasteiger charge is 2.14. The number of nitrogens with zero attached hydrogens (tertiary/aromatic N) is 1. The molecule has 3 aromatic rings. The van der Waals surface area contributed by atoms with Crippen molar-refractivity contribution >= 4 is 32.7 Å². The number of carbonyl (C=O) groups is 1. The zero-order valence-electron chi connectivity index (χ0n) is 13.1. The summed E-state index contributed by atoms with van der Waals surface area (Å²) >= 11 is 3.45. The van der Waals surface area contributed by atoms with Gasteiger partial charge in [-0.2, -0.15) is 0 Å². The predicted molar refractivity (Wildman–Crippen MR) is 97.7 cm³/mol. The molecule has 0 saturated heterocycles. The lowest BCUT2D eigenvalue weighted by Gasteiger charge is -2.16. The van der Waals surface area contributed by atoms with Crippen LogP contribution in [0.3, 0.4) is 0 Å². The van der Waals surface area contributed by atoms with Crippen molar-refractivity contribution in [2.24, 2.45) is 0 Å². The highest BCUT2D eigenvalue weighted by Crippen LogP contribution is 2.21. The van der Waals surface area contributed by atoms with Crippen LogP contribution in [0.5, 0.6) is 0 Å². The third-order valence-corrected chi connectivity index (χ3v) is 4.46. The van der Waals surface area contributed by atoms with Crippen molar-refractivity contribution < 1.29 is 4.79 Å². The quantitative estimate of drug-likeness (QED) is 0.697. The Bertz CT molecular complexity index is 811. The van der Waals surface area contributed by atoms with Gasteiger partial charge in [-0.3, -0.25) is 4.79 Å². The molecule has 0 aliphatic rings. The second-order valence-electron chi connectivity index (χ2n) is 5.73. The molecule has 3 nitrogen and oxygen atoms in total. The van der Waals surface area contributed by atoms with Gasteiger partial charge in [-0.05, 0) is 36.6 Å². The van der Waals surface area contributed by atoms with Gasteiger partial charge in [0.25, 0.3) is 5.91 Å². The zero-order chi connectivity index (χ0) is 16.2. The zero-order valence-corrected chi connectivity index (χ0v) is 14.6. The van der Waals surface area contributed by atoms with Crippen LogP contribution in [0.4, 0.5) is 0 Å². The number of halogens is 1. The van der Waals surface area contributed by atoms with Crippen LogP contribution in [0.25, 0.3) is 10.9 Å². The van der Waals surface area contributed by atoms with Gasteiger partial charge in [-0.1, -0.05) is 52.3 Å². The molecule has 23 heavy (non-hydrogen) atoms. The number of hydrogen-bond donors (Lipinski definition) is 1. The molecule has 1 heterocycles. The molecule has 3 rings (SSSR count). The first-order chi connectivity index (χ1) is 11.1. The van der Waals surface area contributed by atoms with Crippen LogP contribution in [-0.2, 0) is 6.42 Å². The van der Waals surface area contributed by atoms with Gasteiger partial charge in [0.1, 0.15) is 5.69 Å². The van der Waals surface area contributed by atoms with E-state index in [9.17, 15) is 4.79 Å². The lowest BCUT2D eigenvalue weighted by Crippen LogP contribution is -2.28. The second kappa shape index (κ2) is 7.01. The van der Waals surface area contributed by atoms with E-state index in [1.54, 1.807) is 4.90 Å². The Morgan fingerprint density at radius 2 is 1.91 bits per heavy atom. The Morgan fingerprint density at radius 3 is 2.70 bits per heavy atom. The predicted octanol–water partition coefficient (Wildman–Crippen LogP) is 4.64. The maximum atomic E-state index is 12.5. The third kappa shape index (κ3) is 3.82. The number of fused-ring (bicyclic) bond motifs is 1. The summed E-state index contributed by atoms with van der Waals surface area (Å²) in [5.74, 6) is 0.0328. The standard InChI is InChI=1S/C19H19BrN2O/c1-22(11-5-8-14-6-3-2-4-7-14)19(23)18-12-15-9-10-16(20)13-17(15)21-18/h2-4,6-7,9-10,12-13,21H,5,8,11H2,1H3. The van der Waals surface area contributed by atoms with Crippen molar-refractivity contribution in [3.63, 3.8) is 0 Å². The highest BCUT2D eigenvalue weighted by molar-refractivity contribution is 9.10. The summed E-state index contributed by atoms with van der Waals surface area (Å²) in [4.78, 5) is 17.5. The summed E-state index contributed by atoms with van der Waals surface area (Å²) in [6.45, 7) is 0.743. The molecule has 0 fully saturated rings. The maximum Gasteiger partial charge on any atom is 0.270 e. The summed E-state index contributed by atoms with van der Waals surface area (Å²) in [5, 5.41) is 1.05. The monoisotopic (exact) mass is 370 g/mol. The molecule has 1 N–H and O–H groups in total. The summed E-state index contributed by atoms with van der Waals surface area (Å²) < 4.78 is 1.00. The molecule has 0 aliphatic carbocycles. The van der Waals surface area contributed by atoms with Crippen LogP contribution in [-0.4, -0.2) is 29.4 Å². The van der Waals surface area contributed by atoms with Gasteiger partial charge < -0.3 is 9.88 Å². The number of aromatic amines is 1. The normalized spacial score (nSPS) is 10.9. The van der Waals surface area contributed by atoms with Crippen LogP contribution >= 0.6 is 15.9 Å². The minimum Gasteiger partial charge on any atom is -0.350 e. The van der Waals surface area contributed by atoms with Crippen molar-refractivity contribution in [1.29, 1.82) is 0 Å². The fourth-order valence-electron chi connectivity index (χ4n) is 2.69. The Labute approximate surface area is 144 Å². The van der Waals surface area contributed by atoms with E-state index in [0.29, 0.717) is 5.69 Å². The van der Waals surface area contributed by atoms with E-state index in [1.165, 1.54) is 5.56 Å². The lowest BCUT2D eigenvalue weighted by atomic mass is 10.1. The van der Waals surface area contributed by atoms with Crippen molar-refractivity contribution in [1.82, 2.24) is 9.88 Å². The Hall–Kier alpha value is -2.07. The van der Waals surface area contributed by atoms with E-state index in [1.807, 2.05) is 49.5 Å².